The summed E-state index contributed by atoms with van der Waals surface area (Å²) in [4.78, 5) is 11.4. The molecule has 0 unspecified atom stereocenters. The monoisotopic (exact) mass is 365 g/mol. The molecule has 4 rings (SSSR count). The minimum Gasteiger partial charge on any atom is -0.506 e. The molecule has 2 heterocycles. The average Bonchev–Trinajstić information content (AvgIpc) is 2.76. The van der Waals surface area contributed by atoms with Crippen LogP contribution in [0.15, 0.2) is 24.3 Å². The second kappa shape index (κ2) is 5.57. The van der Waals surface area contributed by atoms with Crippen molar-refractivity contribution in [1.82, 2.24) is 10.0 Å². The van der Waals surface area contributed by atoms with Crippen LogP contribution >= 0.6 is 0 Å². The lowest BCUT2D eigenvalue weighted by molar-refractivity contribution is -0.117. The number of phenols is 1. The maximum absolute atomic E-state index is 15.0. The highest BCUT2D eigenvalue weighted by atomic mass is 32.2. The van der Waals surface area contributed by atoms with E-state index in [2.05, 4.69) is 5.32 Å². The molecule has 1 amide bonds. The smallest absolute Gasteiger partial charge is 0.326 e. The van der Waals surface area contributed by atoms with Crippen LogP contribution in [0.3, 0.4) is 0 Å². The van der Waals surface area contributed by atoms with Crippen molar-refractivity contribution in [1.29, 1.82) is 0 Å². The van der Waals surface area contributed by atoms with Crippen molar-refractivity contribution in [3.63, 3.8) is 0 Å². The summed E-state index contributed by atoms with van der Waals surface area (Å²) in [6.07, 6.45) is 0.792. The van der Waals surface area contributed by atoms with Crippen molar-refractivity contribution >= 4 is 32.6 Å². The molecule has 0 bridgehead atoms. The fraction of sp³-hybridized carbons (Fsp3) is 0.312. The number of phenolic OH excluding ortho intramolecular Hbond substituents is 1. The van der Waals surface area contributed by atoms with Gasteiger partial charge in [0.1, 0.15) is 18.0 Å². The molecule has 132 valence electrons. The third-order valence-corrected chi connectivity index (χ3v) is 5.93. The molecule has 2 aromatic carbocycles. The molecule has 2 saturated heterocycles. The van der Waals surface area contributed by atoms with Gasteiger partial charge < -0.3 is 10.4 Å². The minimum atomic E-state index is -4.20. The zero-order valence-electron chi connectivity index (χ0n) is 13.1. The number of fused-ring (bicyclic) bond motifs is 1. The standard InChI is InChI=1S/C16H16FN3O4S/c17-15-12-4-9(3-10-6-18-7-10)1-2-11(12)5-13(21)16(15)20-8-14(22)19-25(20,23)24/h1-2,4-5,10,18,21H,3,6-8H2,(H,19,22). The summed E-state index contributed by atoms with van der Waals surface area (Å²) in [5.41, 5.74) is 0.432. The van der Waals surface area contributed by atoms with E-state index in [1.165, 1.54) is 6.07 Å². The van der Waals surface area contributed by atoms with E-state index in [0.717, 1.165) is 25.1 Å². The number of nitrogens with one attached hydrogen (secondary N) is 2. The topological polar surface area (TPSA) is 98.7 Å². The van der Waals surface area contributed by atoms with E-state index in [4.69, 9.17) is 0 Å². The highest BCUT2D eigenvalue weighted by Gasteiger charge is 2.37. The first-order valence-electron chi connectivity index (χ1n) is 7.83. The molecule has 2 fully saturated rings. The van der Waals surface area contributed by atoms with Gasteiger partial charge in [-0.3, -0.25) is 4.79 Å². The number of rotatable bonds is 3. The lowest BCUT2D eigenvalue weighted by atomic mass is 9.93. The van der Waals surface area contributed by atoms with Crippen molar-refractivity contribution in [2.75, 3.05) is 23.9 Å². The molecule has 0 atom stereocenters. The first-order chi connectivity index (χ1) is 11.8. The third-order valence-electron chi connectivity index (χ3n) is 4.56. The van der Waals surface area contributed by atoms with Gasteiger partial charge in [0, 0.05) is 5.39 Å². The van der Waals surface area contributed by atoms with Gasteiger partial charge in [0.15, 0.2) is 5.82 Å². The van der Waals surface area contributed by atoms with Crippen molar-refractivity contribution in [2.45, 2.75) is 6.42 Å². The zero-order chi connectivity index (χ0) is 17.8. The number of hydrogen-bond acceptors (Lipinski definition) is 5. The van der Waals surface area contributed by atoms with E-state index in [1.807, 2.05) is 6.07 Å². The number of carbonyl (C=O) groups excluding carboxylic acids is 1. The van der Waals surface area contributed by atoms with Gasteiger partial charge in [-0.25, -0.2) is 13.4 Å². The minimum absolute atomic E-state index is 0.215. The van der Waals surface area contributed by atoms with Gasteiger partial charge in [-0.05, 0) is 48.5 Å². The number of anilines is 1. The number of aromatic hydroxyl groups is 1. The Labute approximate surface area is 143 Å². The Morgan fingerprint density at radius 2 is 2.04 bits per heavy atom. The fourth-order valence-electron chi connectivity index (χ4n) is 3.21. The van der Waals surface area contributed by atoms with Crippen LogP contribution in [0, 0.1) is 11.7 Å². The van der Waals surface area contributed by atoms with Crippen LogP contribution in [0.5, 0.6) is 5.75 Å². The zero-order valence-corrected chi connectivity index (χ0v) is 13.9. The van der Waals surface area contributed by atoms with Crippen molar-refractivity contribution in [3.8, 4) is 5.75 Å². The van der Waals surface area contributed by atoms with E-state index in [1.54, 1.807) is 16.9 Å². The van der Waals surface area contributed by atoms with E-state index >= 15 is 4.39 Å². The number of nitrogens with zero attached hydrogens (tertiary/aromatic N) is 1. The quantitative estimate of drug-likeness (QED) is 0.741. The normalized spacial score (nSPS) is 19.9. The summed E-state index contributed by atoms with van der Waals surface area (Å²) in [7, 11) is -4.20. The van der Waals surface area contributed by atoms with Gasteiger partial charge in [-0.2, -0.15) is 8.42 Å². The molecular weight excluding hydrogens is 349 g/mol. The summed E-state index contributed by atoms with van der Waals surface area (Å²) in [6.45, 7) is 1.27. The summed E-state index contributed by atoms with van der Waals surface area (Å²) in [5.74, 6) is -1.66. The fourth-order valence-corrected chi connectivity index (χ4v) is 4.37. The highest BCUT2D eigenvalue weighted by molar-refractivity contribution is 7.92. The van der Waals surface area contributed by atoms with Crippen molar-refractivity contribution < 1.29 is 22.7 Å². The van der Waals surface area contributed by atoms with Crippen LogP contribution in [-0.4, -0.2) is 39.1 Å². The maximum atomic E-state index is 15.0. The van der Waals surface area contributed by atoms with Gasteiger partial charge >= 0.3 is 10.2 Å². The van der Waals surface area contributed by atoms with Crippen LogP contribution in [0.2, 0.25) is 0 Å². The average molecular weight is 365 g/mol. The van der Waals surface area contributed by atoms with Crippen LogP contribution in [0.4, 0.5) is 10.1 Å². The molecule has 7 nitrogen and oxygen atoms in total. The molecule has 25 heavy (non-hydrogen) atoms. The molecule has 0 aliphatic carbocycles. The van der Waals surface area contributed by atoms with Gasteiger partial charge in [0.05, 0.1) is 0 Å². The van der Waals surface area contributed by atoms with Crippen LogP contribution < -0.4 is 14.3 Å². The molecule has 2 aliphatic heterocycles. The number of carbonyl (C=O) groups is 1. The van der Waals surface area contributed by atoms with Gasteiger partial charge in [0.2, 0.25) is 0 Å². The van der Waals surface area contributed by atoms with E-state index in [9.17, 15) is 18.3 Å². The Morgan fingerprint density at radius 3 is 2.64 bits per heavy atom. The second-order valence-corrected chi connectivity index (χ2v) is 7.97. The van der Waals surface area contributed by atoms with Crippen LogP contribution in [-0.2, 0) is 21.4 Å². The Morgan fingerprint density at radius 1 is 1.28 bits per heavy atom. The van der Waals surface area contributed by atoms with Crippen molar-refractivity contribution in [2.24, 2.45) is 5.92 Å². The van der Waals surface area contributed by atoms with Gasteiger partial charge in [0.25, 0.3) is 5.91 Å². The number of amides is 1. The SMILES string of the molecule is O=C1CN(c2c(O)cc3ccc(CC4CNC4)cc3c2F)S(=O)(=O)N1. The third kappa shape index (κ3) is 2.69. The molecule has 0 aromatic heterocycles. The second-order valence-electron chi connectivity index (χ2n) is 6.38. The molecule has 3 N–H and O–H groups in total. The lowest BCUT2D eigenvalue weighted by Crippen LogP contribution is -2.43. The number of hydrogen-bond donors (Lipinski definition) is 3. The molecule has 0 radical (unpaired) electrons. The maximum Gasteiger partial charge on any atom is 0.326 e. The molecule has 2 aliphatic rings. The lowest BCUT2D eigenvalue weighted by Gasteiger charge is -2.27. The Hall–Kier alpha value is -2.39. The molecule has 2 aromatic rings. The van der Waals surface area contributed by atoms with Crippen molar-refractivity contribution in [3.05, 3.63) is 35.6 Å². The van der Waals surface area contributed by atoms with Crippen LogP contribution in [0.1, 0.15) is 5.56 Å². The van der Waals surface area contributed by atoms with Gasteiger partial charge in [-0.15, -0.1) is 0 Å². The highest BCUT2D eigenvalue weighted by Crippen LogP contribution is 2.38. The first-order valence-corrected chi connectivity index (χ1v) is 9.27. The Kier molecular flexibility index (Phi) is 3.58. The van der Waals surface area contributed by atoms with E-state index < -0.39 is 39.9 Å². The predicted molar refractivity (Wildman–Crippen MR) is 90.0 cm³/mol. The summed E-state index contributed by atoms with van der Waals surface area (Å²) >= 11 is 0. The Bertz CT molecular complexity index is 989. The largest absolute Gasteiger partial charge is 0.506 e. The first kappa shape index (κ1) is 16.1. The molecule has 0 saturated carbocycles. The molecule has 9 heteroatoms. The predicted octanol–water partition coefficient (Wildman–Crippen LogP) is 0.627. The summed E-state index contributed by atoms with van der Waals surface area (Å²) in [5, 5.41) is 14.0. The summed E-state index contributed by atoms with van der Waals surface area (Å²) < 4.78 is 41.3. The van der Waals surface area contributed by atoms with E-state index in [0.29, 0.717) is 15.6 Å². The van der Waals surface area contributed by atoms with E-state index in [-0.39, 0.29) is 5.39 Å². The summed E-state index contributed by atoms with van der Waals surface area (Å²) in [6, 6.07) is 6.55. The number of halogens is 1. The number of benzene rings is 2. The van der Waals surface area contributed by atoms with Gasteiger partial charge in [-0.1, -0.05) is 12.1 Å². The van der Waals surface area contributed by atoms with Crippen LogP contribution in [0.25, 0.3) is 10.8 Å². The molecular formula is C16H16FN3O4S. The Balaban J connectivity index is 1.82. The molecule has 0 spiro atoms.